The topological polar surface area (TPSA) is 38.3 Å². The molecule has 0 radical (unpaired) electrons. The highest BCUT2D eigenvalue weighted by Crippen LogP contribution is 2.15. The molecule has 94 valence electrons. The SMILES string of the molecule is COCCSCC(=O)Nc1cc(C)ccc1F. The molecular weight excluding hydrogens is 241 g/mol. The van der Waals surface area contributed by atoms with Gasteiger partial charge >= 0.3 is 0 Å². The van der Waals surface area contributed by atoms with Crippen LogP contribution in [0.1, 0.15) is 5.56 Å². The van der Waals surface area contributed by atoms with Crippen LogP contribution in [-0.4, -0.2) is 31.1 Å². The number of methoxy groups -OCH3 is 1. The second kappa shape index (κ2) is 7.29. The third-order valence-corrected chi connectivity index (χ3v) is 2.98. The number of halogens is 1. The number of amides is 1. The van der Waals surface area contributed by atoms with Gasteiger partial charge in [-0.2, -0.15) is 0 Å². The molecule has 3 nitrogen and oxygen atoms in total. The molecule has 1 aromatic carbocycles. The van der Waals surface area contributed by atoms with Crippen molar-refractivity contribution in [1.29, 1.82) is 0 Å². The number of hydrogen-bond donors (Lipinski definition) is 1. The summed E-state index contributed by atoms with van der Waals surface area (Å²) in [5.41, 5.74) is 1.15. The van der Waals surface area contributed by atoms with Gasteiger partial charge in [-0.25, -0.2) is 4.39 Å². The Hall–Kier alpha value is -1.07. The molecule has 0 fully saturated rings. The summed E-state index contributed by atoms with van der Waals surface area (Å²) in [6, 6.07) is 4.63. The molecule has 0 bridgehead atoms. The number of hydrogen-bond acceptors (Lipinski definition) is 3. The second-order valence-corrected chi connectivity index (χ2v) is 4.68. The van der Waals surface area contributed by atoms with Gasteiger partial charge in [0.15, 0.2) is 0 Å². The molecule has 0 unspecified atom stereocenters. The number of rotatable bonds is 6. The standard InChI is InChI=1S/C12H16FNO2S/c1-9-3-4-10(13)11(7-9)14-12(15)8-17-6-5-16-2/h3-4,7H,5-6,8H2,1-2H3,(H,14,15). The zero-order valence-electron chi connectivity index (χ0n) is 9.96. The quantitative estimate of drug-likeness (QED) is 0.796. The predicted octanol–water partition coefficient (Wildman–Crippen LogP) is 2.45. The van der Waals surface area contributed by atoms with Gasteiger partial charge in [0.2, 0.25) is 5.91 Å². The molecule has 1 aromatic rings. The molecule has 0 aliphatic rings. The Morgan fingerprint density at radius 2 is 2.29 bits per heavy atom. The van der Waals surface area contributed by atoms with E-state index in [4.69, 9.17) is 4.74 Å². The van der Waals surface area contributed by atoms with Gasteiger partial charge in [0.1, 0.15) is 5.82 Å². The van der Waals surface area contributed by atoms with Crippen molar-refractivity contribution in [3.8, 4) is 0 Å². The number of nitrogens with one attached hydrogen (secondary N) is 1. The fraction of sp³-hybridized carbons (Fsp3) is 0.417. The number of anilines is 1. The monoisotopic (exact) mass is 257 g/mol. The van der Waals surface area contributed by atoms with Gasteiger partial charge < -0.3 is 10.1 Å². The Balaban J connectivity index is 2.42. The largest absolute Gasteiger partial charge is 0.384 e. The van der Waals surface area contributed by atoms with Crippen molar-refractivity contribution in [2.24, 2.45) is 0 Å². The van der Waals surface area contributed by atoms with Crippen LogP contribution < -0.4 is 5.32 Å². The van der Waals surface area contributed by atoms with Crippen LogP contribution in [0.5, 0.6) is 0 Å². The number of aryl methyl sites for hydroxylation is 1. The fourth-order valence-electron chi connectivity index (χ4n) is 1.23. The lowest BCUT2D eigenvalue weighted by Crippen LogP contribution is -2.15. The number of thioether (sulfide) groups is 1. The van der Waals surface area contributed by atoms with Gasteiger partial charge in [0.25, 0.3) is 0 Å². The zero-order valence-corrected chi connectivity index (χ0v) is 10.8. The minimum Gasteiger partial charge on any atom is -0.384 e. The first-order valence-electron chi connectivity index (χ1n) is 5.26. The molecule has 5 heteroatoms. The van der Waals surface area contributed by atoms with Crippen LogP contribution in [0.15, 0.2) is 18.2 Å². The van der Waals surface area contributed by atoms with E-state index < -0.39 is 5.82 Å². The van der Waals surface area contributed by atoms with E-state index in [1.165, 1.54) is 17.8 Å². The molecule has 1 rings (SSSR count). The van der Waals surface area contributed by atoms with Crippen LogP contribution in [0.25, 0.3) is 0 Å². The summed E-state index contributed by atoms with van der Waals surface area (Å²) < 4.78 is 18.2. The number of carbonyl (C=O) groups excluding carboxylic acids is 1. The summed E-state index contributed by atoms with van der Waals surface area (Å²) in [5.74, 6) is 0.443. The normalized spacial score (nSPS) is 10.3. The van der Waals surface area contributed by atoms with Crippen molar-refractivity contribution in [3.63, 3.8) is 0 Å². The van der Waals surface area contributed by atoms with Gasteiger partial charge in [-0.05, 0) is 24.6 Å². The summed E-state index contributed by atoms with van der Waals surface area (Å²) in [7, 11) is 1.61. The first-order valence-corrected chi connectivity index (χ1v) is 6.41. The molecule has 0 aliphatic heterocycles. The Bertz CT molecular complexity index is 385. The maximum absolute atomic E-state index is 13.3. The van der Waals surface area contributed by atoms with Gasteiger partial charge in [-0.15, -0.1) is 11.8 Å². The molecule has 0 saturated carbocycles. The molecule has 0 aromatic heterocycles. The van der Waals surface area contributed by atoms with Crippen LogP contribution in [-0.2, 0) is 9.53 Å². The van der Waals surface area contributed by atoms with E-state index >= 15 is 0 Å². The minimum atomic E-state index is -0.411. The van der Waals surface area contributed by atoms with E-state index in [0.717, 1.165) is 11.3 Å². The minimum absolute atomic E-state index is 0.199. The maximum Gasteiger partial charge on any atom is 0.234 e. The summed E-state index contributed by atoms with van der Waals surface area (Å²) in [5, 5.41) is 2.55. The summed E-state index contributed by atoms with van der Waals surface area (Å²) in [4.78, 5) is 11.5. The van der Waals surface area contributed by atoms with Crippen molar-refractivity contribution < 1.29 is 13.9 Å². The number of ether oxygens (including phenoxy) is 1. The van der Waals surface area contributed by atoms with Crippen LogP contribution in [0.2, 0.25) is 0 Å². The molecule has 0 heterocycles. The number of carbonyl (C=O) groups is 1. The first kappa shape index (κ1) is 14.0. The van der Waals surface area contributed by atoms with Crippen molar-refractivity contribution >= 4 is 23.4 Å². The van der Waals surface area contributed by atoms with Crippen LogP contribution >= 0.6 is 11.8 Å². The van der Waals surface area contributed by atoms with E-state index in [1.54, 1.807) is 19.2 Å². The molecule has 0 atom stereocenters. The lowest BCUT2D eigenvalue weighted by Gasteiger charge is -2.07. The summed E-state index contributed by atoms with van der Waals surface area (Å²) >= 11 is 1.46. The Kier molecular flexibility index (Phi) is 6.00. The highest BCUT2D eigenvalue weighted by molar-refractivity contribution is 7.99. The molecule has 0 spiro atoms. The molecule has 17 heavy (non-hydrogen) atoms. The van der Waals surface area contributed by atoms with E-state index in [0.29, 0.717) is 12.4 Å². The van der Waals surface area contributed by atoms with Gasteiger partial charge in [0.05, 0.1) is 18.0 Å². The van der Waals surface area contributed by atoms with Crippen molar-refractivity contribution in [1.82, 2.24) is 0 Å². The molecule has 1 N–H and O–H groups in total. The Labute approximate surface area is 105 Å². The Morgan fingerprint density at radius 3 is 3.00 bits per heavy atom. The van der Waals surface area contributed by atoms with Gasteiger partial charge in [0, 0.05) is 12.9 Å². The van der Waals surface area contributed by atoms with E-state index in [-0.39, 0.29) is 11.6 Å². The molecule has 0 aliphatic carbocycles. The fourth-order valence-corrected chi connectivity index (χ4v) is 1.91. The summed E-state index contributed by atoms with van der Waals surface area (Å²) in [6.07, 6.45) is 0. The van der Waals surface area contributed by atoms with E-state index in [2.05, 4.69) is 5.32 Å². The molecule has 1 amide bonds. The van der Waals surface area contributed by atoms with Crippen LogP contribution in [0.4, 0.5) is 10.1 Å². The second-order valence-electron chi connectivity index (χ2n) is 3.58. The zero-order chi connectivity index (χ0) is 12.7. The third-order valence-electron chi connectivity index (χ3n) is 2.06. The Morgan fingerprint density at radius 1 is 1.53 bits per heavy atom. The maximum atomic E-state index is 13.3. The highest BCUT2D eigenvalue weighted by atomic mass is 32.2. The molecular formula is C12H16FNO2S. The van der Waals surface area contributed by atoms with Crippen molar-refractivity contribution in [2.45, 2.75) is 6.92 Å². The van der Waals surface area contributed by atoms with Gasteiger partial charge in [-0.3, -0.25) is 4.79 Å². The highest BCUT2D eigenvalue weighted by Gasteiger charge is 2.06. The third kappa shape index (κ3) is 5.19. The van der Waals surface area contributed by atoms with Crippen molar-refractivity contribution in [3.05, 3.63) is 29.6 Å². The van der Waals surface area contributed by atoms with Gasteiger partial charge in [-0.1, -0.05) is 6.07 Å². The predicted molar refractivity (Wildman–Crippen MR) is 69.0 cm³/mol. The lowest BCUT2D eigenvalue weighted by molar-refractivity contribution is -0.113. The van der Waals surface area contributed by atoms with Crippen molar-refractivity contribution in [2.75, 3.05) is 30.5 Å². The van der Waals surface area contributed by atoms with E-state index in [1.807, 2.05) is 6.92 Å². The lowest BCUT2D eigenvalue weighted by atomic mass is 10.2. The smallest absolute Gasteiger partial charge is 0.234 e. The van der Waals surface area contributed by atoms with Crippen LogP contribution in [0, 0.1) is 12.7 Å². The summed E-state index contributed by atoms with van der Waals surface area (Å²) in [6.45, 7) is 2.46. The average molecular weight is 257 g/mol. The first-order chi connectivity index (χ1) is 8.13. The van der Waals surface area contributed by atoms with E-state index in [9.17, 15) is 9.18 Å². The average Bonchev–Trinajstić information content (AvgIpc) is 2.29. The molecule has 0 saturated heterocycles. The number of benzene rings is 1. The van der Waals surface area contributed by atoms with Crippen LogP contribution in [0.3, 0.4) is 0 Å².